The molecule has 0 atom stereocenters. The lowest BCUT2D eigenvalue weighted by atomic mass is 10.1. The molecule has 2 aromatic carbocycles. The van der Waals surface area contributed by atoms with Crippen molar-refractivity contribution in [2.24, 2.45) is 0 Å². The highest BCUT2D eigenvalue weighted by Gasteiger charge is 2.17. The highest BCUT2D eigenvalue weighted by atomic mass is 16.5. The second-order valence-electron chi connectivity index (χ2n) is 5.92. The molecule has 0 aliphatic rings. The molecule has 0 saturated carbocycles. The first-order valence-corrected chi connectivity index (χ1v) is 8.70. The summed E-state index contributed by atoms with van der Waals surface area (Å²) in [6.07, 6.45) is 1.95. The summed E-state index contributed by atoms with van der Waals surface area (Å²) in [6.45, 7) is 6.15. The van der Waals surface area contributed by atoms with Crippen LogP contribution in [0.1, 0.15) is 13.8 Å². The van der Waals surface area contributed by atoms with Gasteiger partial charge in [-0.2, -0.15) is 0 Å². The summed E-state index contributed by atoms with van der Waals surface area (Å²) in [6, 6.07) is 16.5. The van der Waals surface area contributed by atoms with E-state index in [4.69, 9.17) is 9.72 Å². The molecule has 4 nitrogen and oxygen atoms in total. The molecule has 130 valence electrons. The van der Waals surface area contributed by atoms with Gasteiger partial charge in [0.15, 0.2) is 0 Å². The van der Waals surface area contributed by atoms with E-state index in [1.54, 1.807) is 7.11 Å². The molecule has 0 saturated heterocycles. The molecule has 0 radical (unpaired) electrons. The average Bonchev–Trinajstić information content (AvgIpc) is 2.68. The number of fused-ring (bicyclic) bond motifs is 1. The third-order valence-corrected chi connectivity index (χ3v) is 4.62. The molecule has 0 unspecified atom stereocenters. The summed E-state index contributed by atoms with van der Waals surface area (Å²) in [5, 5.41) is 2.21. The van der Waals surface area contributed by atoms with E-state index in [0.29, 0.717) is 0 Å². The Balaban J connectivity index is 2.25. The lowest BCUT2D eigenvalue weighted by Gasteiger charge is -2.26. The van der Waals surface area contributed by atoms with Crippen molar-refractivity contribution < 1.29 is 4.74 Å². The van der Waals surface area contributed by atoms with Gasteiger partial charge in [0.25, 0.3) is 0 Å². The molecule has 0 amide bonds. The number of aromatic nitrogens is 1. The Bertz CT molecular complexity index is 844. The summed E-state index contributed by atoms with van der Waals surface area (Å²) in [5.41, 5.74) is 2.15. The van der Waals surface area contributed by atoms with Crippen LogP contribution in [-0.2, 0) is 0 Å². The predicted octanol–water partition coefficient (Wildman–Crippen LogP) is 4.86. The van der Waals surface area contributed by atoms with Gasteiger partial charge in [-0.1, -0.05) is 30.3 Å². The number of ether oxygens (including phenoxy) is 1. The van der Waals surface area contributed by atoms with Crippen LogP contribution in [0.3, 0.4) is 0 Å². The van der Waals surface area contributed by atoms with Crippen molar-refractivity contribution in [3.63, 3.8) is 0 Å². The maximum atomic E-state index is 5.68. The maximum Gasteiger partial charge on any atom is 0.136 e. The van der Waals surface area contributed by atoms with Crippen molar-refractivity contribution in [3.8, 4) is 5.75 Å². The topological polar surface area (TPSA) is 28.6 Å². The summed E-state index contributed by atoms with van der Waals surface area (Å²) < 4.78 is 5.68. The van der Waals surface area contributed by atoms with Gasteiger partial charge in [-0.25, -0.2) is 4.98 Å². The van der Waals surface area contributed by atoms with E-state index in [9.17, 15) is 0 Å². The van der Waals surface area contributed by atoms with E-state index in [1.807, 2.05) is 36.5 Å². The van der Waals surface area contributed by atoms with Gasteiger partial charge >= 0.3 is 0 Å². The third kappa shape index (κ3) is 3.12. The fourth-order valence-corrected chi connectivity index (χ4v) is 3.23. The van der Waals surface area contributed by atoms with E-state index in [1.165, 1.54) is 0 Å². The van der Waals surface area contributed by atoms with E-state index in [2.05, 4.69) is 48.9 Å². The highest BCUT2D eigenvalue weighted by molar-refractivity contribution is 6.05. The number of rotatable bonds is 6. The van der Waals surface area contributed by atoms with Gasteiger partial charge in [0.1, 0.15) is 11.6 Å². The van der Waals surface area contributed by atoms with E-state index < -0.39 is 0 Å². The van der Waals surface area contributed by atoms with Crippen LogP contribution in [0.5, 0.6) is 5.75 Å². The minimum atomic E-state index is 0.867. The van der Waals surface area contributed by atoms with Crippen molar-refractivity contribution in [1.82, 2.24) is 4.98 Å². The molecule has 1 aromatic heterocycles. The number of hydrogen-bond donors (Lipinski definition) is 0. The molecule has 3 aromatic rings. The van der Waals surface area contributed by atoms with Crippen molar-refractivity contribution in [2.45, 2.75) is 13.8 Å². The molecular weight excluding hydrogens is 310 g/mol. The van der Waals surface area contributed by atoms with Crippen LogP contribution in [0.2, 0.25) is 0 Å². The smallest absolute Gasteiger partial charge is 0.136 e. The van der Waals surface area contributed by atoms with E-state index in [0.717, 1.165) is 46.8 Å². The second-order valence-corrected chi connectivity index (χ2v) is 5.92. The Kier molecular flexibility index (Phi) is 5.08. The zero-order valence-corrected chi connectivity index (χ0v) is 15.4. The number of nitrogens with zero attached hydrogens (tertiary/aromatic N) is 3. The van der Waals surface area contributed by atoms with Gasteiger partial charge in [0, 0.05) is 31.2 Å². The molecule has 0 bridgehead atoms. The number of methoxy groups -OCH3 is 1. The zero-order chi connectivity index (χ0) is 17.8. The molecule has 0 fully saturated rings. The molecule has 4 heteroatoms. The average molecular weight is 335 g/mol. The minimum absolute atomic E-state index is 0.867. The molecule has 3 rings (SSSR count). The Labute approximate surface area is 149 Å². The van der Waals surface area contributed by atoms with E-state index in [-0.39, 0.29) is 0 Å². The number of para-hydroxylation sites is 1. The number of pyridine rings is 1. The van der Waals surface area contributed by atoms with Gasteiger partial charge < -0.3 is 14.5 Å². The molecule has 0 aliphatic heterocycles. The summed E-state index contributed by atoms with van der Waals surface area (Å²) in [4.78, 5) is 9.23. The fourth-order valence-electron chi connectivity index (χ4n) is 3.23. The first-order valence-electron chi connectivity index (χ1n) is 8.70. The van der Waals surface area contributed by atoms with Crippen LogP contribution < -0.4 is 14.5 Å². The SMILES string of the molecule is CCN(CC)c1ncc(N(C)c2ccccc2)c2c(OC)cccc12. The van der Waals surface area contributed by atoms with Crippen molar-refractivity contribution >= 4 is 28.0 Å². The van der Waals surface area contributed by atoms with Crippen molar-refractivity contribution in [3.05, 3.63) is 54.7 Å². The molecular formula is C21H25N3O. The van der Waals surface area contributed by atoms with Gasteiger partial charge in [0.2, 0.25) is 0 Å². The zero-order valence-electron chi connectivity index (χ0n) is 15.4. The second kappa shape index (κ2) is 7.43. The lowest BCUT2D eigenvalue weighted by molar-refractivity contribution is 0.420. The summed E-state index contributed by atoms with van der Waals surface area (Å²) in [7, 11) is 3.79. The quantitative estimate of drug-likeness (QED) is 0.643. The van der Waals surface area contributed by atoms with Crippen molar-refractivity contribution in [1.29, 1.82) is 0 Å². The first-order chi connectivity index (χ1) is 12.2. The van der Waals surface area contributed by atoms with Crippen LogP contribution in [0.4, 0.5) is 17.2 Å². The Hall–Kier alpha value is -2.75. The van der Waals surface area contributed by atoms with E-state index >= 15 is 0 Å². The maximum absolute atomic E-state index is 5.68. The number of benzene rings is 2. The fraction of sp³-hybridized carbons (Fsp3) is 0.286. The standard InChI is InChI=1S/C21H25N3O/c1-5-24(6-2)21-17-13-10-14-19(25-4)20(17)18(15-22-21)23(3)16-11-8-7-9-12-16/h7-15H,5-6H2,1-4H3. The monoisotopic (exact) mass is 335 g/mol. The molecule has 1 heterocycles. The van der Waals surface area contributed by atoms with Crippen LogP contribution in [0.15, 0.2) is 54.7 Å². The van der Waals surface area contributed by atoms with Crippen molar-refractivity contribution in [2.75, 3.05) is 37.0 Å². The first kappa shape index (κ1) is 17.1. The lowest BCUT2D eigenvalue weighted by Crippen LogP contribution is -2.23. The molecule has 0 N–H and O–H groups in total. The van der Waals surface area contributed by atoms with Gasteiger partial charge in [-0.05, 0) is 32.0 Å². The Morgan fingerprint density at radius 2 is 1.68 bits per heavy atom. The van der Waals surface area contributed by atoms with Crippen LogP contribution in [0.25, 0.3) is 10.8 Å². The molecule has 25 heavy (non-hydrogen) atoms. The number of hydrogen-bond acceptors (Lipinski definition) is 4. The van der Waals surface area contributed by atoms with Gasteiger partial charge in [-0.3, -0.25) is 0 Å². The summed E-state index contributed by atoms with van der Waals surface area (Å²) in [5.74, 6) is 1.87. The van der Waals surface area contributed by atoms with Crippen LogP contribution in [0, 0.1) is 0 Å². The minimum Gasteiger partial charge on any atom is -0.496 e. The Morgan fingerprint density at radius 1 is 0.960 bits per heavy atom. The van der Waals surface area contributed by atoms with Gasteiger partial charge in [-0.15, -0.1) is 0 Å². The molecule has 0 spiro atoms. The number of anilines is 3. The largest absolute Gasteiger partial charge is 0.496 e. The highest BCUT2D eigenvalue weighted by Crippen LogP contribution is 2.39. The Morgan fingerprint density at radius 3 is 2.32 bits per heavy atom. The summed E-state index contributed by atoms with van der Waals surface area (Å²) >= 11 is 0. The van der Waals surface area contributed by atoms with Crippen LogP contribution >= 0.6 is 0 Å². The van der Waals surface area contributed by atoms with Gasteiger partial charge in [0.05, 0.1) is 24.4 Å². The third-order valence-electron chi connectivity index (χ3n) is 4.62. The molecule has 0 aliphatic carbocycles. The normalized spacial score (nSPS) is 10.7. The van der Waals surface area contributed by atoms with Crippen LogP contribution in [-0.4, -0.2) is 32.2 Å². The predicted molar refractivity (Wildman–Crippen MR) is 106 cm³/mol.